The van der Waals surface area contributed by atoms with Crippen molar-refractivity contribution < 1.29 is 18.0 Å². The van der Waals surface area contributed by atoms with Crippen molar-refractivity contribution in [2.75, 3.05) is 12.3 Å². The Morgan fingerprint density at radius 2 is 1.17 bits per heavy atom. The van der Waals surface area contributed by atoms with Crippen LogP contribution in [-0.2, 0) is 18.0 Å². The van der Waals surface area contributed by atoms with Gasteiger partial charge in [0.2, 0.25) is 0 Å². The van der Waals surface area contributed by atoms with Crippen LogP contribution in [0, 0.1) is 0 Å². The minimum absolute atomic E-state index is 0.00151. The number of unbranched alkanes of at least 4 members (excludes halogenated alkanes) is 3. The third kappa shape index (κ3) is 10.8. The average Bonchev–Trinajstić information content (AvgIpc) is 3.59. The fourth-order valence-electron chi connectivity index (χ4n) is 6.49. The van der Waals surface area contributed by atoms with Gasteiger partial charge in [0.25, 0.3) is 0 Å². The number of nitrogens with two attached hydrogens (primary N) is 1. The van der Waals surface area contributed by atoms with Crippen molar-refractivity contribution in [2.45, 2.75) is 214 Å². The minimum atomic E-state index is -3.06. The molecule has 3 heterocycles. The molecule has 1 aliphatic rings. The summed E-state index contributed by atoms with van der Waals surface area (Å²) >= 11 is -3.06. The molecule has 9 nitrogen and oxygen atoms in total. The molecule has 2 aromatic rings. The van der Waals surface area contributed by atoms with Gasteiger partial charge in [0.05, 0.1) is 0 Å². The third-order valence-corrected chi connectivity index (χ3v) is 41.4. The standard InChI is InChI=1S/C28H54N5O4Si3.3C4H9.Sn/c1-26(2,3)38(10,11)34-16-19-21(36-39(12,13)27(4,5)6)22(37-40(14,15)28(7,8)9)25(35-19)33-18-32-20-23(29)30-17-31-24(20)33;3*1-3-4-2;/h18-19,21-22,25H,16H2,1-15H3,(H2,29,30,31);3*1,3-4H2,2H3;/t19?,21-,22-,25?;;;;/m1..../s1. The maximum absolute atomic E-state index is 7.49. The van der Waals surface area contributed by atoms with Gasteiger partial charge in [-0.25, -0.2) is 0 Å². The summed E-state index contributed by atoms with van der Waals surface area (Å²) in [5, 5.41) is 0.0495. The Morgan fingerprint density at radius 3 is 1.60 bits per heavy atom. The predicted octanol–water partition coefficient (Wildman–Crippen LogP) is 11.2. The zero-order valence-corrected chi connectivity index (χ0v) is 43.3. The first-order chi connectivity index (χ1) is 24.2. The van der Waals surface area contributed by atoms with E-state index >= 15 is 0 Å². The van der Waals surface area contributed by atoms with Crippen LogP contribution in [0.5, 0.6) is 0 Å². The number of ether oxygens (including phenoxy) is 1. The van der Waals surface area contributed by atoms with Crippen molar-refractivity contribution in [3.05, 3.63) is 6.33 Å². The van der Waals surface area contributed by atoms with Crippen LogP contribution in [0.25, 0.3) is 11.2 Å². The van der Waals surface area contributed by atoms with E-state index in [1.807, 2.05) is 6.33 Å². The molecule has 1 fully saturated rings. The summed E-state index contributed by atoms with van der Waals surface area (Å²) in [6.45, 7) is 42.0. The van der Waals surface area contributed by atoms with Gasteiger partial charge in [0.15, 0.2) is 0 Å². The molecule has 2 aromatic heterocycles. The summed E-state index contributed by atoms with van der Waals surface area (Å²) in [5.74, 6) is 0.487. The van der Waals surface area contributed by atoms with E-state index in [0.717, 1.165) is 9.49 Å². The van der Waals surface area contributed by atoms with E-state index in [9.17, 15) is 0 Å². The molecular formula is C40H81N5O4Si3Sn. The van der Waals surface area contributed by atoms with E-state index < -0.39 is 49.6 Å². The zero-order chi connectivity index (χ0) is 40.4. The van der Waals surface area contributed by atoms with Gasteiger partial charge in [-0.15, -0.1) is 0 Å². The van der Waals surface area contributed by atoms with E-state index in [-0.39, 0.29) is 33.4 Å². The Kier molecular flexibility index (Phi) is 15.6. The number of anilines is 1. The Labute approximate surface area is 332 Å². The Balaban J connectivity index is 2.31. The number of imidazole rings is 1. The van der Waals surface area contributed by atoms with Crippen molar-refractivity contribution in [1.29, 1.82) is 0 Å². The predicted molar refractivity (Wildman–Crippen MR) is 235 cm³/mol. The van der Waals surface area contributed by atoms with Gasteiger partial charge < -0.3 is 0 Å². The van der Waals surface area contributed by atoms with Crippen molar-refractivity contribution in [1.82, 2.24) is 19.5 Å². The first-order valence-electron chi connectivity index (χ1n) is 20.8. The fourth-order valence-corrected chi connectivity index (χ4v) is 25.0. The number of nitrogens with zero attached hydrogens (tertiary/aromatic N) is 4. The number of fused-ring (bicyclic) bond motifs is 1. The van der Waals surface area contributed by atoms with Crippen LogP contribution in [0.2, 0.25) is 67.7 Å². The van der Waals surface area contributed by atoms with Crippen LogP contribution in [0.1, 0.15) is 128 Å². The maximum atomic E-state index is 7.49. The van der Waals surface area contributed by atoms with Crippen LogP contribution < -0.4 is 9.57 Å². The van der Waals surface area contributed by atoms with E-state index in [0.29, 0.717) is 17.9 Å². The second-order valence-electron chi connectivity index (χ2n) is 20.7. The van der Waals surface area contributed by atoms with Gasteiger partial charge in [-0.05, 0) is 0 Å². The normalized spacial score (nSPS) is 21.2. The second-order valence-corrected chi connectivity index (χ2v) is 47.9. The van der Waals surface area contributed by atoms with Crippen molar-refractivity contribution >= 4 is 64.2 Å². The molecule has 0 radical (unpaired) electrons. The molecule has 4 atom stereocenters. The molecule has 0 bridgehead atoms. The molecule has 0 aromatic carbocycles. The van der Waals surface area contributed by atoms with Gasteiger partial charge >= 0.3 is 334 Å². The number of hydrogen-bond acceptors (Lipinski definition) is 8. The molecule has 0 spiro atoms. The molecule has 3 rings (SSSR count). The quantitative estimate of drug-likeness (QED) is 0.147. The van der Waals surface area contributed by atoms with E-state index in [4.69, 9.17) is 38.7 Å². The number of rotatable bonds is 18. The first-order valence-corrected chi connectivity index (χ1v) is 37.0. The molecule has 2 N–H and O–H groups in total. The third-order valence-electron chi connectivity index (χ3n) is 13.4. The van der Waals surface area contributed by atoms with Crippen LogP contribution in [0.15, 0.2) is 6.33 Å². The van der Waals surface area contributed by atoms with Crippen molar-refractivity contribution in [3.63, 3.8) is 0 Å². The van der Waals surface area contributed by atoms with Gasteiger partial charge in [-0.3, -0.25) is 0 Å². The molecule has 2 unspecified atom stereocenters. The topological polar surface area (TPSA) is 107 Å². The number of aromatic nitrogens is 4. The summed E-state index contributed by atoms with van der Waals surface area (Å²) in [6.07, 6.45) is 7.54. The van der Waals surface area contributed by atoms with Gasteiger partial charge in [-0.1, -0.05) is 0 Å². The first kappa shape index (κ1) is 47.0. The second kappa shape index (κ2) is 17.6. The molecule has 306 valence electrons. The van der Waals surface area contributed by atoms with Gasteiger partial charge in [-0.2, -0.15) is 0 Å². The average molecular weight is 899 g/mol. The molecule has 0 saturated carbocycles. The number of hydrogen-bond donors (Lipinski definition) is 1. The van der Waals surface area contributed by atoms with Crippen LogP contribution in [0.4, 0.5) is 5.82 Å². The monoisotopic (exact) mass is 899 g/mol. The van der Waals surface area contributed by atoms with E-state index in [1.54, 1.807) is 0 Å². The van der Waals surface area contributed by atoms with E-state index in [2.05, 4.69) is 127 Å². The van der Waals surface area contributed by atoms with Crippen molar-refractivity contribution in [2.24, 2.45) is 0 Å². The van der Waals surface area contributed by atoms with E-state index in [1.165, 1.54) is 51.8 Å². The molecule has 0 aliphatic carbocycles. The Hall–Kier alpha value is -0.361. The van der Waals surface area contributed by atoms with Crippen LogP contribution >= 0.6 is 0 Å². The van der Waals surface area contributed by atoms with Crippen LogP contribution in [-0.4, -0.2) is 87.8 Å². The number of nitrogen functional groups attached to an aromatic ring is 1. The summed E-state index contributed by atoms with van der Waals surface area (Å²) in [5.41, 5.74) is 8.29. The molecule has 1 saturated heterocycles. The Bertz CT molecular complexity index is 1460. The summed E-state index contributed by atoms with van der Waals surface area (Å²) < 4.78 is 36.1. The molecular weight excluding hydrogens is 817 g/mol. The molecule has 1 aliphatic heterocycles. The van der Waals surface area contributed by atoms with Gasteiger partial charge in [0.1, 0.15) is 0 Å². The summed E-state index contributed by atoms with van der Waals surface area (Å²) in [7, 11) is -6.72. The van der Waals surface area contributed by atoms with Crippen molar-refractivity contribution in [3.8, 4) is 0 Å². The molecule has 13 heteroatoms. The SMILES string of the molecule is CCC[CH2][Sn]([CH2]CCC)([CH2]CCC)[c]1nc(N)c2ncn(C3OC(CO[Si](C)(C)C(C)(C)C)[C@@H](O[Si](C)(C)C(C)(C)C)[C@H]3O[Si](C)(C)C(C)(C)C)c2n1. The fraction of sp³-hybridized carbons (Fsp3) is 0.875. The van der Waals surface area contributed by atoms with Crippen LogP contribution in [0.3, 0.4) is 0 Å². The Morgan fingerprint density at radius 1 is 0.717 bits per heavy atom. The molecule has 53 heavy (non-hydrogen) atoms. The zero-order valence-electron chi connectivity index (χ0n) is 37.5. The summed E-state index contributed by atoms with van der Waals surface area (Å²) in [6, 6.07) is 0. The van der Waals surface area contributed by atoms with Gasteiger partial charge in [0, 0.05) is 0 Å². The molecule has 0 amide bonds. The summed E-state index contributed by atoms with van der Waals surface area (Å²) in [4.78, 5) is 15.6.